The first-order valence-electron chi connectivity index (χ1n) is 3.75. The van der Waals surface area contributed by atoms with Crippen LogP contribution in [-0.4, -0.2) is 13.0 Å². The lowest BCUT2D eigenvalue weighted by molar-refractivity contribution is 0.114. The van der Waals surface area contributed by atoms with E-state index in [1.807, 2.05) is 6.07 Å². The Morgan fingerprint density at radius 3 is 2.42 bits per heavy atom. The van der Waals surface area contributed by atoms with Gasteiger partial charge in [-0.15, -0.1) is 0 Å². The number of hydrogen-bond donors (Lipinski definition) is 0. The van der Waals surface area contributed by atoms with Gasteiger partial charge in [0, 0.05) is 6.42 Å². The molecule has 0 bridgehead atoms. The number of para-hydroxylation sites is 1. The summed E-state index contributed by atoms with van der Waals surface area (Å²) in [6.07, 6.45) is -2.50. The van der Waals surface area contributed by atoms with E-state index in [-0.39, 0.29) is 13.0 Å². The van der Waals surface area contributed by atoms with Gasteiger partial charge in [-0.2, -0.15) is 0 Å². The number of ether oxygens (including phenoxy) is 1. The Morgan fingerprint density at radius 2 is 1.83 bits per heavy atom. The first-order chi connectivity index (χ1) is 5.79. The molecule has 0 amide bonds. The summed E-state index contributed by atoms with van der Waals surface area (Å²) in [5.41, 5.74) is 0. The van der Waals surface area contributed by atoms with E-state index in [4.69, 9.17) is 4.74 Å². The van der Waals surface area contributed by atoms with Crippen molar-refractivity contribution in [1.82, 2.24) is 0 Å². The van der Waals surface area contributed by atoms with E-state index in [0.717, 1.165) is 0 Å². The number of halogens is 2. The van der Waals surface area contributed by atoms with Crippen LogP contribution in [0.2, 0.25) is 0 Å². The van der Waals surface area contributed by atoms with E-state index < -0.39 is 6.43 Å². The quantitative estimate of drug-likeness (QED) is 0.678. The average Bonchev–Trinajstić information content (AvgIpc) is 2.05. The maximum absolute atomic E-state index is 11.7. The van der Waals surface area contributed by atoms with Crippen LogP contribution < -0.4 is 4.74 Å². The van der Waals surface area contributed by atoms with Crippen LogP contribution in [-0.2, 0) is 0 Å². The van der Waals surface area contributed by atoms with Crippen LogP contribution in [0.25, 0.3) is 0 Å². The molecule has 1 aromatic rings. The number of alkyl halides is 2. The summed E-state index contributed by atoms with van der Waals surface area (Å²) in [7, 11) is 0. The van der Waals surface area contributed by atoms with Crippen molar-refractivity contribution in [3.8, 4) is 5.75 Å². The zero-order valence-electron chi connectivity index (χ0n) is 6.54. The summed E-state index contributed by atoms with van der Waals surface area (Å²) in [6, 6.07) is 8.94. The Bertz CT molecular complexity index is 211. The van der Waals surface area contributed by atoms with Gasteiger partial charge in [0.25, 0.3) is 0 Å². The highest BCUT2D eigenvalue weighted by Gasteiger charge is 2.01. The largest absolute Gasteiger partial charge is 0.493 e. The Balaban J connectivity index is 2.25. The van der Waals surface area contributed by atoms with Crippen LogP contribution in [0.4, 0.5) is 8.78 Å². The van der Waals surface area contributed by atoms with E-state index in [9.17, 15) is 8.78 Å². The molecule has 0 aromatic heterocycles. The maximum Gasteiger partial charge on any atom is 0.241 e. The third-order valence-electron chi connectivity index (χ3n) is 1.35. The summed E-state index contributed by atoms with van der Waals surface area (Å²) in [6.45, 7) is 0.0711. The molecule has 3 heteroatoms. The molecule has 0 aliphatic carbocycles. The molecule has 0 aliphatic rings. The van der Waals surface area contributed by atoms with Crippen LogP contribution >= 0.6 is 0 Å². The Kier molecular flexibility index (Phi) is 3.51. The SMILES string of the molecule is FC(F)CCOc1ccccc1. The predicted octanol–water partition coefficient (Wildman–Crippen LogP) is 2.72. The molecule has 66 valence electrons. The molecule has 1 aromatic carbocycles. The summed E-state index contributed by atoms with van der Waals surface area (Å²) < 4.78 is 28.4. The zero-order valence-corrected chi connectivity index (χ0v) is 6.54. The Labute approximate surface area is 70.0 Å². The molecule has 12 heavy (non-hydrogen) atoms. The minimum Gasteiger partial charge on any atom is -0.493 e. The highest BCUT2D eigenvalue weighted by molar-refractivity contribution is 5.20. The van der Waals surface area contributed by atoms with Crippen LogP contribution in [0.15, 0.2) is 30.3 Å². The zero-order chi connectivity index (χ0) is 8.81. The molecule has 0 N–H and O–H groups in total. The molecular weight excluding hydrogens is 162 g/mol. The molecule has 0 saturated carbocycles. The van der Waals surface area contributed by atoms with Gasteiger partial charge >= 0.3 is 0 Å². The summed E-state index contributed by atoms with van der Waals surface area (Å²) in [5, 5.41) is 0. The van der Waals surface area contributed by atoms with Crippen molar-refractivity contribution in [3.63, 3.8) is 0 Å². The van der Waals surface area contributed by atoms with Crippen LogP contribution in [0.5, 0.6) is 5.75 Å². The molecule has 0 heterocycles. The molecule has 0 spiro atoms. The van der Waals surface area contributed by atoms with Gasteiger partial charge in [-0.25, -0.2) is 8.78 Å². The van der Waals surface area contributed by atoms with Crippen LogP contribution in [0.1, 0.15) is 6.42 Å². The smallest absolute Gasteiger partial charge is 0.241 e. The van der Waals surface area contributed by atoms with Gasteiger partial charge in [0.15, 0.2) is 0 Å². The molecule has 0 atom stereocenters. The van der Waals surface area contributed by atoms with Gasteiger partial charge in [0.2, 0.25) is 6.43 Å². The van der Waals surface area contributed by atoms with E-state index in [2.05, 4.69) is 0 Å². The summed E-state index contributed by atoms with van der Waals surface area (Å²) >= 11 is 0. The second kappa shape index (κ2) is 4.70. The van der Waals surface area contributed by atoms with Crippen molar-refractivity contribution in [2.75, 3.05) is 6.61 Å². The van der Waals surface area contributed by atoms with Crippen molar-refractivity contribution in [3.05, 3.63) is 30.3 Å². The Hall–Kier alpha value is -1.12. The van der Waals surface area contributed by atoms with Crippen LogP contribution in [0.3, 0.4) is 0 Å². The van der Waals surface area contributed by atoms with Crippen LogP contribution in [0, 0.1) is 0 Å². The molecule has 0 fully saturated rings. The highest BCUT2D eigenvalue weighted by Crippen LogP contribution is 2.09. The van der Waals surface area contributed by atoms with E-state index in [1.165, 1.54) is 0 Å². The normalized spacial score (nSPS) is 10.2. The summed E-state index contributed by atoms with van der Waals surface area (Å²) in [5.74, 6) is 0.637. The highest BCUT2D eigenvalue weighted by atomic mass is 19.3. The summed E-state index contributed by atoms with van der Waals surface area (Å²) in [4.78, 5) is 0. The fraction of sp³-hybridized carbons (Fsp3) is 0.333. The molecule has 1 nitrogen and oxygen atoms in total. The average molecular weight is 172 g/mol. The first-order valence-corrected chi connectivity index (χ1v) is 3.75. The molecule has 0 saturated heterocycles. The standard InChI is InChI=1S/C9H10F2O/c10-9(11)6-7-12-8-4-2-1-3-5-8/h1-5,9H,6-7H2. The van der Waals surface area contributed by atoms with Gasteiger partial charge in [-0.1, -0.05) is 18.2 Å². The van der Waals surface area contributed by atoms with Gasteiger partial charge in [-0.3, -0.25) is 0 Å². The topological polar surface area (TPSA) is 9.23 Å². The number of rotatable bonds is 4. The van der Waals surface area contributed by atoms with Gasteiger partial charge in [0.05, 0.1) is 6.61 Å². The second-order valence-electron chi connectivity index (χ2n) is 2.34. The van der Waals surface area contributed by atoms with Crippen molar-refractivity contribution in [2.24, 2.45) is 0 Å². The minimum absolute atomic E-state index is 0.0711. The molecule has 1 rings (SSSR count). The third-order valence-corrected chi connectivity index (χ3v) is 1.35. The van der Waals surface area contributed by atoms with Crippen molar-refractivity contribution in [2.45, 2.75) is 12.8 Å². The molecule has 0 unspecified atom stereocenters. The fourth-order valence-electron chi connectivity index (χ4n) is 0.783. The predicted molar refractivity (Wildman–Crippen MR) is 42.6 cm³/mol. The van der Waals surface area contributed by atoms with Crippen molar-refractivity contribution in [1.29, 1.82) is 0 Å². The molecule has 0 aliphatic heterocycles. The van der Waals surface area contributed by atoms with Gasteiger partial charge in [-0.05, 0) is 12.1 Å². The number of benzene rings is 1. The monoisotopic (exact) mass is 172 g/mol. The lowest BCUT2D eigenvalue weighted by Crippen LogP contribution is -2.02. The second-order valence-corrected chi connectivity index (χ2v) is 2.34. The van der Waals surface area contributed by atoms with Gasteiger partial charge in [0.1, 0.15) is 5.75 Å². The van der Waals surface area contributed by atoms with Gasteiger partial charge < -0.3 is 4.74 Å². The van der Waals surface area contributed by atoms with E-state index in [0.29, 0.717) is 5.75 Å². The fourth-order valence-corrected chi connectivity index (χ4v) is 0.783. The maximum atomic E-state index is 11.7. The van der Waals surface area contributed by atoms with Crippen molar-refractivity contribution < 1.29 is 13.5 Å². The molecule has 0 radical (unpaired) electrons. The van der Waals surface area contributed by atoms with E-state index in [1.54, 1.807) is 24.3 Å². The molecular formula is C9H10F2O. The Morgan fingerprint density at radius 1 is 1.17 bits per heavy atom. The third kappa shape index (κ3) is 3.32. The lowest BCUT2D eigenvalue weighted by atomic mass is 10.3. The first kappa shape index (κ1) is 8.97. The minimum atomic E-state index is -2.28. The lowest BCUT2D eigenvalue weighted by Gasteiger charge is -2.04. The van der Waals surface area contributed by atoms with Crippen molar-refractivity contribution >= 4 is 0 Å². The van der Waals surface area contributed by atoms with E-state index >= 15 is 0 Å². The number of hydrogen-bond acceptors (Lipinski definition) is 1.